The van der Waals surface area contributed by atoms with E-state index in [9.17, 15) is 0 Å². The van der Waals surface area contributed by atoms with Gasteiger partial charge in [0.1, 0.15) is 12.3 Å². The zero-order valence-corrected chi connectivity index (χ0v) is 10.5. The van der Waals surface area contributed by atoms with Gasteiger partial charge in [0, 0.05) is 0 Å². The first-order valence-corrected chi connectivity index (χ1v) is 6.56. The van der Waals surface area contributed by atoms with Crippen LogP contribution in [0.1, 0.15) is 5.56 Å². The molecule has 4 heteroatoms. The molecule has 90 valence electrons. The standard InChI is InChI=1S/C14H12N2OS/c1-2-5-12(6-3-1)11-17-16-13(8-9-15-16)14-7-4-10-18-14/h1-10H,11H2. The summed E-state index contributed by atoms with van der Waals surface area (Å²) in [5.74, 6) is 0. The molecule has 0 aliphatic carbocycles. The minimum absolute atomic E-state index is 0.515. The van der Waals surface area contributed by atoms with Gasteiger partial charge in [0.2, 0.25) is 0 Å². The van der Waals surface area contributed by atoms with E-state index in [0.717, 1.165) is 16.1 Å². The molecule has 3 nitrogen and oxygen atoms in total. The van der Waals surface area contributed by atoms with E-state index < -0.39 is 0 Å². The third-order valence-electron chi connectivity index (χ3n) is 2.58. The molecular formula is C14H12N2OS. The van der Waals surface area contributed by atoms with Crippen LogP contribution in [0, 0.1) is 0 Å². The monoisotopic (exact) mass is 256 g/mol. The number of aromatic nitrogens is 2. The quantitative estimate of drug-likeness (QED) is 0.716. The van der Waals surface area contributed by atoms with Crippen molar-refractivity contribution in [3.8, 4) is 10.6 Å². The largest absolute Gasteiger partial charge is 0.391 e. The number of thiophene rings is 1. The highest BCUT2D eigenvalue weighted by Gasteiger charge is 2.07. The Morgan fingerprint density at radius 1 is 1.06 bits per heavy atom. The summed E-state index contributed by atoms with van der Waals surface area (Å²) < 4.78 is 0. The summed E-state index contributed by atoms with van der Waals surface area (Å²) in [6.07, 6.45) is 1.75. The van der Waals surface area contributed by atoms with Crippen LogP contribution in [0.15, 0.2) is 60.1 Å². The van der Waals surface area contributed by atoms with Crippen molar-refractivity contribution in [1.29, 1.82) is 0 Å². The van der Waals surface area contributed by atoms with E-state index in [1.165, 1.54) is 0 Å². The predicted octanol–water partition coefficient (Wildman–Crippen LogP) is 3.24. The molecule has 0 radical (unpaired) electrons. The van der Waals surface area contributed by atoms with Crippen molar-refractivity contribution in [1.82, 2.24) is 9.94 Å². The minimum atomic E-state index is 0.515. The normalized spacial score (nSPS) is 10.4. The molecule has 2 heterocycles. The molecule has 0 aliphatic heterocycles. The van der Waals surface area contributed by atoms with Gasteiger partial charge < -0.3 is 4.84 Å². The van der Waals surface area contributed by atoms with Gasteiger partial charge in [-0.05, 0) is 23.1 Å². The summed E-state index contributed by atoms with van der Waals surface area (Å²) in [6.45, 7) is 0.515. The Labute approximate surface area is 109 Å². The lowest BCUT2D eigenvalue weighted by Gasteiger charge is -2.08. The highest BCUT2D eigenvalue weighted by molar-refractivity contribution is 7.13. The molecular weight excluding hydrogens is 244 g/mol. The average molecular weight is 256 g/mol. The van der Waals surface area contributed by atoms with Gasteiger partial charge in [-0.3, -0.25) is 0 Å². The van der Waals surface area contributed by atoms with Crippen molar-refractivity contribution in [2.75, 3.05) is 0 Å². The van der Waals surface area contributed by atoms with Crippen LogP contribution in [0.2, 0.25) is 0 Å². The fourth-order valence-electron chi connectivity index (χ4n) is 1.70. The zero-order chi connectivity index (χ0) is 12.2. The molecule has 0 N–H and O–H groups in total. The van der Waals surface area contributed by atoms with Gasteiger partial charge >= 0.3 is 0 Å². The summed E-state index contributed by atoms with van der Waals surface area (Å²) in [6, 6.07) is 16.1. The number of hydrogen-bond acceptors (Lipinski definition) is 3. The molecule has 0 aliphatic rings. The Bertz CT molecular complexity index is 602. The van der Waals surface area contributed by atoms with Crippen LogP contribution in [-0.2, 0) is 6.61 Å². The Kier molecular flexibility index (Phi) is 3.10. The molecule has 0 atom stereocenters. The topological polar surface area (TPSA) is 27.1 Å². The molecule has 0 bridgehead atoms. The number of benzene rings is 1. The van der Waals surface area contributed by atoms with Gasteiger partial charge in [0.25, 0.3) is 0 Å². The Balaban J connectivity index is 1.76. The maximum atomic E-state index is 5.70. The number of hydrogen-bond donors (Lipinski definition) is 0. The molecule has 0 saturated heterocycles. The van der Waals surface area contributed by atoms with Crippen LogP contribution in [0.3, 0.4) is 0 Å². The Morgan fingerprint density at radius 3 is 2.72 bits per heavy atom. The van der Waals surface area contributed by atoms with E-state index in [-0.39, 0.29) is 0 Å². The molecule has 3 rings (SSSR count). The van der Waals surface area contributed by atoms with Gasteiger partial charge in [-0.15, -0.1) is 16.4 Å². The fraction of sp³-hybridized carbons (Fsp3) is 0.0714. The second kappa shape index (κ2) is 5.06. The summed E-state index contributed by atoms with van der Waals surface area (Å²) in [5.41, 5.74) is 2.12. The fourth-order valence-corrected chi connectivity index (χ4v) is 2.43. The summed E-state index contributed by atoms with van der Waals surface area (Å²) in [7, 11) is 0. The van der Waals surface area contributed by atoms with Crippen molar-refractivity contribution in [3.05, 3.63) is 65.7 Å². The summed E-state index contributed by atoms with van der Waals surface area (Å²) >= 11 is 1.68. The van der Waals surface area contributed by atoms with Gasteiger partial charge in [0.05, 0.1) is 11.1 Å². The summed E-state index contributed by atoms with van der Waals surface area (Å²) in [4.78, 5) is 8.43. The second-order valence-corrected chi connectivity index (χ2v) is 4.77. The average Bonchev–Trinajstić information content (AvgIpc) is 3.08. The van der Waals surface area contributed by atoms with Gasteiger partial charge in [-0.25, -0.2) is 0 Å². The molecule has 18 heavy (non-hydrogen) atoms. The Morgan fingerprint density at radius 2 is 1.94 bits per heavy atom. The van der Waals surface area contributed by atoms with Crippen LogP contribution in [0.5, 0.6) is 0 Å². The van der Waals surface area contributed by atoms with Crippen molar-refractivity contribution >= 4 is 11.3 Å². The van der Waals surface area contributed by atoms with E-state index in [0.29, 0.717) is 6.61 Å². The van der Waals surface area contributed by atoms with Crippen molar-refractivity contribution in [2.24, 2.45) is 0 Å². The summed E-state index contributed by atoms with van der Waals surface area (Å²) in [5, 5.41) is 6.23. The van der Waals surface area contributed by atoms with E-state index >= 15 is 0 Å². The first kappa shape index (κ1) is 11.0. The lowest BCUT2D eigenvalue weighted by atomic mass is 10.2. The third-order valence-corrected chi connectivity index (χ3v) is 3.47. The van der Waals surface area contributed by atoms with Gasteiger partial charge in [-0.2, -0.15) is 0 Å². The zero-order valence-electron chi connectivity index (χ0n) is 9.69. The molecule has 0 spiro atoms. The SMILES string of the molecule is c1ccc(COn2nccc2-c2cccs2)cc1. The van der Waals surface area contributed by atoms with Crippen LogP contribution >= 0.6 is 11.3 Å². The molecule has 0 fully saturated rings. The smallest absolute Gasteiger partial charge is 0.142 e. The predicted molar refractivity (Wildman–Crippen MR) is 72.3 cm³/mol. The first-order valence-electron chi connectivity index (χ1n) is 5.68. The van der Waals surface area contributed by atoms with E-state index in [1.54, 1.807) is 22.4 Å². The molecule has 1 aromatic carbocycles. The van der Waals surface area contributed by atoms with Gasteiger partial charge in [0.15, 0.2) is 0 Å². The molecule has 3 aromatic rings. The van der Waals surface area contributed by atoms with E-state index in [2.05, 4.69) is 11.2 Å². The third kappa shape index (κ3) is 2.28. The van der Waals surface area contributed by atoms with Crippen LogP contribution < -0.4 is 4.84 Å². The lowest BCUT2D eigenvalue weighted by Crippen LogP contribution is -2.13. The second-order valence-electron chi connectivity index (χ2n) is 3.83. The Hall–Kier alpha value is -2.07. The van der Waals surface area contributed by atoms with E-state index in [1.807, 2.05) is 47.8 Å². The van der Waals surface area contributed by atoms with E-state index in [4.69, 9.17) is 4.84 Å². The maximum Gasteiger partial charge on any atom is 0.142 e. The first-order chi connectivity index (χ1) is 8.93. The van der Waals surface area contributed by atoms with Crippen LogP contribution in [-0.4, -0.2) is 9.94 Å². The highest BCUT2D eigenvalue weighted by atomic mass is 32.1. The van der Waals surface area contributed by atoms with Crippen LogP contribution in [0.25, 0.3) is 10.6 Å². The number of nitrogens with zero attached hydrogens (tertiary/aromatic N) is 2. The van der Waals surface area contributed by atoms with Gasteiger partial charge in [-0.1, -0.05) is 41.2 Å². The number of rotatable bonds is 4. The molecule has 0 saturated carbocycles. The van der Waals surface area contributed by atoms with Crippen LogP contribution in [0.4, 0.5) is 0 Å². The minimum Gasteiger partial charge on any atom is -0.391 e. The van der Waals surface area contributed by atoms with Crippen molar-refractivity contribution < 1.29 is 4.84 Å². The highest BCUT2D eigenvalue weighted by Crippen LogP contribution is 2.23. The maximum absolute atomic E-state index is 5.70. The lowest BCUT2D eigenvalue weighted by molar-refractivity contribution is 0.0738. The van der Waals surface area contributed by atoms with Crippen molar-refractivity contribution in [3.63, 3.8) is 0 Å². The molecule has 0 amide bonds. The van der Waals surface area contributed by atoms with Crippen molar-refractivity contribution in [2.45, 2.75) is 6.61 Å². The molecule has 2 aromatic heterocycles. The molecule has 0 unspecified atom stereocenters.